The molecule has 0 fully saturated rings. The Hall–Kier alpha value is -1.42. The fraction of sp³-hybridized carbons (Fsp3) is 0.357. The largest absolute Gasteiger partial charge is 0.488 e. The number of thioether (sulfide) groups is 1. The molecule has 1 amide bonds. The van der Waals surface area contributed by atoms with Crippen molar-refractivity contribution >= 4 is 23.4 Å². The SMILES string of the molecule is CSc1ccc(N(C)C(=O)C2=CCCCO2)cc1. The Morgan fingerprint density at radius 2 is 2.06 bits per heavy atom. The number of carbonyl (C=O) groups is 1. The highest BCUT2D eigenvalue weighted by Crippen LogP contribution is 2.22. The van der Waals surface area contributed by atoms with Gasteiger partial charge in [-0.05, 0) is 49.4 Å². The molecule has 0 unspecified atom stereocenters. The molecular weight excluding hydrogens is 246 g/mol. The summed E-state index contributed by atoms with van der Waals surface area (Å²) in [6, 6.07) is 7.93. The van der Waals surface area contributed by atoms with Crippen LogP contribution in [0.3, 0.4) is 0 Å². The van der Waals surface area contributed by atoms with Crippen LogP contribution < -0.4 is 4.90 Å². The molecule has 96 valence electrons. The van der Waals surface area contributed by atoms with Gasteiger partial charge in [0.05, 0.1) is 6.61 Å². The first-order valence-corrected chi connectivity index (χ1v) is 7.20. The van der Waals surface area contributed by atoms with Crippen molar-refractivity contribution in [2.75, 3.05) is 24.8 Å². The van der Waals surface area contributed by atoms with Crippen LogP contribution in [0.2, 0.25) is 0 Å². The minimum absolute atomic E-state index is 0.0772. The van der Waals surface area contributed by atoms with Gasteiger partial charge in [-0.25, -0.2) is 0 Å². The van der Waals surface area contributed by atoms with Gasteiger partial charge in [-0.3, -0.25) is 4.79 Å². The van der Waals surface area contributed by atoms with Crippen molar-refractivity contribution < 1.29 is 9.53 Å². The number of likely N-dealkylation sites (N-methyl/N-ethyl adjacent to an activating group) is 1. The lowest BCUT2D eigenvalue weighted by molar-refractivity contribution is -0.118. The van der Waals surface area contributed by atoms with E-state index in [1.54, 1.807) is 23.7 Å². The number of benzene rings is 1. The van der Waals surface area contributed by atoms with Crippen LogP contribution >= 0.6 is 11.8 Å². The highest BCUT2D eigenvalue weighted by Gasteiger charge is 2.19. The van der Waals surface area contributed by atoms with Gasteiger partial charge in [-0.2, -0.15) is 0 Å². The van der Waals surface area contributed by atoms with E-state index in [1.807, 2.05) is 36.6 Å². The monoisotopic (exact) mass is 263 g/mol. The molecular formula is C14H17NO2S. The Balaban J connectivity index is 2.11. The highest BCUT2D eigenvalue weighted by atomic mass is 32.2. The maximum absolute atomic E-state index is 12.2. The standard InChI is InChI=1S/C14H17NO2S/c1-15(11-6-8-12(18-2)9-7-11)14(16)13-5-3-4-10-17-13/h5-9H,3-4,10H2,1-2H3. The third-order valence-corrected chi connectivity index (χ3v) is 3.65. The fourth-order valence-electron chi connectivity index (χ4n) is 1.79. The van der Waals surface area contributed by atoms with E-state index in [0.717, 1.165) is 18.5 Å². The molecule has 18 heavy (non-hydrogen) atoms. The van der Waals surface area contributed by atoms with Crippen LogP contribution in [0.5, 0.6) is 0 Å². The molecule has 1 heterocycles. The number of allylic oxidation sites excluding steroid dienone is 1. The number of rotatable bonds is 3. The van der Waals surface area contributed by atoms with Crippen LogP contribution in [0, 0.1) is 0 Å². The van der Waals surface area contributed by atoms with Crippen LogP contribution in [0.15, 0.2) is 41.0 Å². The highest BCUT2D eigenvalue weighted by molar-refractivity contribution is 7.98. The van der Waals surface area contributed by atoms with E-state index in [9.17, 15) is 4.79 Å². The molecule has 1 aromatic rings. The minimum Gasteiger partial charge on any atom is -0.488 e. The molecule has 0 saturated carbocycles. The molecule has 0 atom stereocenters. The Morgan fingerprint density at radius 3 is 2.61 bits per heavy atom. The first-order chi connectivity index (χ1) is 8.72. The van der Waals surface area contributed by atoms with Crippen LogP contribution in [0.25, 0.3) is 0 Å². The maximum atomic E-state index is 12.2. The van der Waals surface area contributed by atoms with Gasteiger partial charge in [0.2, 0.25) is 0 Å². The normalized spacial score (nSPS) is 14.7. The Morgan fingerprint density at radius 1 is 1.33 bits per heavy atom. The van der Waals surface area contributed by atoms with Gasteiger partial charge in [-0.1, -0.05) is 0 Å². The molecule has 0 N–H and O–H groups in total. The molecule has 4 heteroatoms. The number of amides is 1. The molecule has 1 aliphatic heterocycles. The van der Waals surface area contributed by atoms with E-state index in [0.29, 0.717) is 12.4 Å². The second-order valence-corrected chi connectivity index (χ2v) is 5.00. The van der Waals surface area contributed by atoms with Gasteiger partial charge in [0, 0.05) is 17.6 Å². The molecule has 0 bridgehead atoms. The van der Waals surface area contributed by atoms with E-state index in [4.69, 9.17) is 4.74 Å². The predicted octanol–water partition coefficient (Wildman–Crippen LogP) is 3.07. The molecule has 1 aliphatic rings. The molecule has 0 saturated heterocycles. The van der Waals surface area contributed by atoms with E-state index < -0.39 is 0 Å². The van der Waals surface area contributed by atoms with Gasteiger partial charge in [0.15, 0.2) is 5.76 Å². The van der Waals surface area contributed by atoms with Crippen LogP contribution in [0.4, 0.5) is 5.69 Å². The molecule has 0 spiro atoms. The fourth-order valence-corrected chi connectivity index (χ4v) is 2.20. The quantitative estimate of drug-likeness (QED) is 0.785. The van der Waals surface area contributed by atoms with Gasteiger partial charge >= 0.3 is 0 Å². The van der Waals surface area contributed by atoms with Gasteiger partial charge in [-0.15, -0.1) is 11.8 Å². The average molecular weight is 263 g/mol. The Kier molecular flexibility index (Phi) is 4.31. The third kappa shape index (κ3) is 2.88. The number of hydrogen-bond acceptors (Lipinski definition) is 3. The lowest BCUT2D eigenvalue weighted by Crippen LogP contribution is -2.29. The summed E-state index contributed by atoms with van der Waals surface area (Å²) in [7, 11) is 1.77. The second-order valence-electron chi connectivity index (χ2n) is 4.12. The summed E-state index contributed by atoms with van der Waals surface area (Å²) in [5.41, 5.74) is 0.882. The number of hydrogen-bond donors (Lipinski definition) is 0. The number of carbonyl (C=O) groups excluding carboxylic acids is 1. The zero-order valence-electron chi connectivity index (χ0n) is 10.7. The first-order valence-electron chi connectivity index (χ1n) is 5.97. The van der Waals surface area contributed by atoms with Crippen molar-refractivity contribution in [3.8, 4) is 0 Å². The number of anilines is 1. The summed E-state index contributed by atoms with van der Waals surface area (Å²) >= 11 is 1.69. The lowest BCUT2D eigenvalue weighted by atomic mass is 10.2. The minimum atomic E-state index is -0.0772. The van der Waals surface area contributed by atoms with Gasteiger partial charge < -0.3 is 9.64 Å². The summed E-state index contributed by atoms with van der Waals surface area (Å²) in [4.78, 5) is 15.0. The van der Waals surface area contributed by atoms with Gasteiger partial charge in [0.25, 0.3) is 5.91 Å². The first kappa shape index (κ1) is 13.0. The third-order valence-electron chi connectivity index (χ3n) is 2.91. The molecule has 1 aromatic carbocycles. The van der Waals surface area contributed by atoms with Crippen molar-refractivity contribution in [2.24, 2.45) is 0 Å². The number of nitrogens with zero attached hydrogens (tertiary/aromatic N) is 1. The second kappa shape index (κ2) is 5.96. The summed E-state index contributed by atoms with van der Waals surface area (Å²) in [6.07, 6.45) is 5.81. The van der Waals surface area contributed by atoms with E-state index in [2.05, 4.69) is 0 Å². The number of ether oxygens (including phenoxy) is 1. The maximum Gasteiger partial charge on any atom is 0.292 e. The van der Waals surface area contributed by atoms with Crippen molar-refractivity contribution in [1.29, 1.82) is 0 Å². The topological polar surface area (TPSA) is 29.5 Å². The molecule has 0 radical (unpaired) electrons. The Labute approximate surface area is 112 Å². The van der Waals surface area contributed by atoms with Crippen molar-refractivity contribution in [1.82, 2.24) is 0 Å². The van der Waals surface area contributed by atoms with Crippen LogP contribution in [0.1, 0.15) is 12.8 Å². The lowest BCUT2D eigenvalue weighted by Gasteiger charge is -2.21. The van der Waals surface area contributed by atoms with Crippen LogP contribution in [-0.4, -0.2) is 25.8 Å². The van der Waals surface area contributed by atoms with Crippen molar-refractivity contribution in [2.45, 2.75) is 17.7 Å². The van der Waals surface area contributed by atoms with Gasteiger partial charge in [0.1, 0.15) is 0 Å². The molecule has 2 rings (SSSR count). The molecule has 0 aliphatic carbocycles. The average Bonchev–Trinajstić information content (AvgIpc) is 2.47. The summed E-state index contributed by atoms with van der Waals surface area (Å²) in [5, 5.41) is 0. The summed E-state index contributed by atoms with van der Waals surface area (Å²) in [6.45, 7) is 0.636. The van der Waals surface area contributed by atoms with Crippen molar-refractivity contribution in [3.63, 3.8) is 0 Å². The summed E-state index contributed by atoms with van der Waals surface area (Å²) in [5.74, 6) is 0.393. The van der Waals surface area contributed by atoms with E-state index >= 15 is 0 Å². The zero-order chi connectivity index (χ0) is 13.0. The summed E-state index contributed by atoms with van der Waals surface area (Å²) < 4.78 is 5.39. The van der Waals surface area contributed by atoms with Crippen molar-refractivity contribution in [3.05, 3.63) is 36.1 Å². The van der Waals surface area contributed by atoms with E-state index in [-0.39, 0.29) is 5.91 Å². The molecule has 3 nitrogen and oxygen atoms in total. The Bertz CT molecular complexity index is 453. The van der Waals surface area contributed by atoms with E-state index in [1.165, 1.54) is 4.90 Å². The predicted molar refractivity (Wildman–Crippen MR) is 74.9 cm³/mol. The molecule has 0 aromatic heterocycles. The zero-order valence-corrected chi connectivity index (χ0v) is 11.5. The van der Waals surface area contributed by atoms with Crippen LogP contribution in [-0.2, 0) is 9.53 Å². The smallest absolute Gasteiger partial charge is 0.292 e.